The van der Waals surface area contributed by atoms with E-state index in [9.17, 15) is 4.79 Å². The number of carbonyl (C=O) groups is 1. The van der Waals surface area contributed by atoms with Crippen LogP contribution in [-0.4, -0.2) is 19.1 Å². The van der Waals surface area contributed by atoms with E-state index in [-0.39, 0.29) is 12.0 Å². The number of rotatable bonds is 7. The first-order valence-corrected chi connectivity index (χ1v) is 6.49. The molecule has 0 spiro atoms. The molecular formula is C12H19NO2S. The summed E-state index contributed by atoms with van der Waals surface area (Å²) in [7, 11) is 1.44. The molecule has 1 rings (SSSR count). The second kappa shape index (κ2) is 7.41. The topological polar surface area (TPSA) is 38.3 Å². The Labute approximate surface area is 101 Å². The average Bonchev–Trinajstić information content (AvgIpc) is 2.81. The largest absolute Gasteiger partial charge is 0.468 e. The molecule has 0 aromatic carbocycles. The third kappa shape index (κ3) is 4.33. The first-order chi connectivity index (χ1) is 7.77. The maximum atomic E-state index is 11.5. The standard InChI is InChI=1S/C12H19NO2S/c1-3-4-7-11(12(14)15-2)13-9-10-6-5-8-16-10/h5-6,8,11,13H,3-4,7,9H2,1-2H3. The summed E-state index contributed by atoms with van der Waals surface area (Å²) in [6.45, 7) is 2.86. The van der Waals surface area contributed by atoms with E-state index in [2.05, 4.69) is 18.3 Å². The van der Waals surface area contributed by atoms with E-state index in [1.54, 1.807) is 11.3 Å². The van der Waals surface area contributed by atoms with E-state index >= 15 is 0 Å². The molecule has 1 aromatic heterocycles. The fraction of sp³-hybridized carbons (Fsp3) is 0.583. The molecule has 0 aliphatic heterocycles. The molecule has 0 aliphatic rings. The van der Waals surface area contributed by atoms with Crippen LogP contribution in [0.1, 0.15) is 31.1 Å². The molecule has 0 amide bonds. The van der Waals surface area contributed by atoms with Crippen molar-refractivity contribution in [1.29, 1.82) is 0 Å². The minimum absolute atomic E-state index is 0.162. The summed E-state index contributed by atoms with van der Waals surface area (Å²) in [5.74, 6) is -0.162. The molecule has 0 bridgehead atoms. The Bertz CT molecular complexity index is 298. The third-order valence-corrected chi connectivity index (χ3v) is 3.31. The molecule has 0 aliphatic carbocycles. The van der Waals surface area contributed by atoms with Crippen LogP contribution >= 0.6 is 11.3 Å². The van der Waals surface area contributed by atoms with E-state index in [1.807, 2.05) is 11.4 Å². The number of hydrogen-bond acceptors (Lipinski definition) is 4. The lowest BCUT2D eigenvalue weighted by Gasteiger charge is -2.15. The summed E-state index contributed by atoms with van der Waals surface area (Å²) < 4.78 is 4.78. The van der Waals surface area contributed by atoms with Gasteiger partial charge in [-0.2, -0.15) is 0 Å². The van der Waals surface area contributed by atoms with Gasteiger partial charge in [0.2, 0.25) is 0 Å². The summed E-state index contributed by atoms with van der Waals surface area (Å²) in [6, 6.07) is 3.90. The zero-order valence-electron chi connectivity index (χ0n) is 9.86. The minimum Gasteiger partial charge on any atom is -0.468 e. The van der Waals surface area contributed by atoms with Gasteiger partial charge in [-0.3, -0.25) is 10.1 Å². The number of carbonyl (C=O) groups excluding carboxylic acids is 1. The SMILES string of the molecule is CCCCC(NCc1cccs1)C(=O)OC. The predicted octanol–water partition coefficient (Wildman–Crippen LogP) is 2.57. The van der Waals surface area contributed by atoms with E-state index in [0.29, 0.717) is 0 Å². The van der Waals surface area contributed by atoms with Crippen LogP contribution < -0.4 is 5.32 Å². The molecule has 0 saturated heterocycles. The van der Waals surface area contributed by atoms with E-state index in [1.165, 1.54) is 12.0 Å². The quantitative estimate of drug-likeness (QED) is 0.746. The zero-order chi connectivity index (χ0) is 11.8. The monoisotopic (exact) mass is 241 g/mol. The van der Waals surface area contributed by atoms with Gasteiger partial charge in [-0.05, 0) is 17.9 Å². The third-order valence-electron chi connectivity index (χ3n) is 2.43. The van der Waals surface area contributed by atoms with Gasteiger partial charge in [0.1, 0.15) is 6.04 Å². The van der Waals surface area contributed by atoms with Gasteiger partial charge >= 0.3 is 5.97 Å². The maximum Gasteiger partial charge on any atom is 0.322 e. The zero-order valence-corrected chi connectivity index (χ0v) is 10.7. The molecule has 1 atom stereocenters. The Hall–Kier alpha value is -0.870. The van der Waals surface area contributed by atoms with Gasteiger partial charge < -0.3 is 4.74 Å². The van der Waals surface area contributed by atoms with E-state index in [0.717, 1.165) is 25.8 Å². The first-order valence-electron chi connectivity index (χ1n) is 5.61. The van der Waals surface area contributed by atoms with Crippen molar-refractivity contribution >= 4 is 17.3 Å². The van der Waals surface area contributed by atoms with Crippen LogP contribution in [0.3, 0.4) is 0 Å². The van der Waals surface area contributed by atoms with Crippen molar-refractivity contribution < 1.29 is 9.53 Å². The van der Waals surface area contributed by atoms with Gasteiger partial charge in [0.25, 0.3) is 0 Å². The predicted molar refractivity (Wildman–Crippen MR) is 66.5 cm³/mol. The molecular weight excluding hydrogens is 222 g/mol. The van der Waals surface area contributed by atoms with Crippen LogP contribution in [0.5, 0.6) is 0 Å². The molecule has 1 aromatic rings. The van der Waals surface area contributed by atoms with Crippen LogP contribution in [0.4, 0.5) is 0 Å². The molecule has 0 radical (unpaired) electrons. The summed E-state index contributed by atoms with van der Waals surface area (Å²) in [5.41, 5.74) is 0. The van der Waals surface area contributed by atoms with Crippen molar-refractivity contribution in [2.75, 3.05) is 7.11 Å². The number of hydrogen-bond donors (Lipinski definition) is 1. The highest BCUT2D eigenvalue weighted by Crippen LogP contribution is 2.09. The highest BCUT2D eigenvalue weighted by molar-refractivity contribution is 7.09. The second-order valence-electron chi connectivity index (χ2n) is 3.68. The van der Waals surface area contributed by atoms with Crippen LogP contribution in [-0.2, 0) is 16.1 Å². The van der Waals surface area contributed by atoms with Crippen LogP contribution in [0, 0.1) is 0 Å². The summed E-state index contributed by atoms with van der Waals surface area (Å²) in [6.07, 6.45) is 2.97. The van der Waals surface area contributed by atoms with Gasteiger partial charge in [0.15, 0.2) is 0 Å². The van der Waals surface area contributed by atoms with Crippen LogP contribution in [0.2, 0.25) is 0 Å². The van der Waals surface area contributed by atoms with Crippen molar-refractivity contribution in [2.45, 2.75) is 38.8 Å². The van der Waals surface area contributed by atoms with Crippen molar-refractivity contribution in [1.82, 2.24) is 5.32 Å². The van der Waals surface area contributed by atoms with Gasteiger partial charge in [-0.15, -0.1) is 11.3 Å². The van der Waals surface area contributed by atoms with Crippen LogP contribution in [0.15, 0.2) is 17.5 Å². The molecule has 4 heteroatoms. The smallest absolute Gasteiger partial charge is 0.322 e. The summed E-state index contributed by atoms with van der Waals surface area (Å²) in [5, 5.41) is 5.28. The lowest BCUT2D eigenvalue weighted by atomic mass is 10.1. The lowest BCUT2D eigenvalue weighted by Crippen LogP contribution is -2.36. The molecule has 1 heterocycles. The van der Waals surface area contributed by atoms with E-state index < -0.39 is 0 Å². The molecule has 16 heavy (non-hydrogen) atoms. The Morgan fingerprint density at radius 2 is 2.44 bits per heavy atom. The number of thiophene rings is 1. The van der Waals surface area contributed by atoms with Crippen molar-refractivity contribution in [3.8, 4) is 0 Å². The number of ether oxygens (including phenoxy) is 1. The highest BCUT2D eigenvalue weighted by atomic mass is 32.1. The number of esters is 1. The number of methoxy groups -OCH3 is 1. The molecule has 1 unspecified atom stereocenters. The highest BCUT2D eigenvalue weighted by Gasteiger charge is 2.17. The van der Waals surface area contributed by atoms with Gasteiger partial charge in [0.05, 0.1) is 7.11 Å². The Balaban J connectivity index is 2.40. The Kier molecular flexibility index (Phi) is 6.11. The first kappa shape index (κ1) is 13.2. The normalized spacial score (nSPS) is 12.4. The maximum absolute atomic E-state index is 11.5. The fourth-order valence-electron chi connectivity index (χ4n) is 1.49. The number of nitrogens with one attached hydrogen (secondary N) is 1. The minimum atomic E-state index is -0.174. The van der Waals surface area contributed by atoms with E-state index in [4.69, 9.17) is 4.74 Å². The van der Waals surface area contributed by atoms with Crippen molar-refractivity contribution in [3.05, 3.63) is 22.4 Å². The lowest BCUT2D eigenvalue weighted by molar-refractivity contribution is -0.143. The molecule has 3 nitrogen and oxygen atoms in total. The fourth-order valence-corrected chi connectivity index (χ4v) is 2.15. The Morgan fingerprint density at radius 1 is 1.62 bits per heavy atom. The molecule has 1 N–H and O–H groups in total. The Morgan fingerprint density at radius 3 is 3.00 bits per heavy atom. The second-order valence-corrected chi connectivity index (χ2v) is 4.71. The van der Waals surface area contributed by atoms with Gasteiger partial charge in [0, 0.05) is 11.4 Å². The molecule has 0 saturated carbocycles. The van der Waals surface area contributed by atoms with Crippen molar-refractivity contribution in [2.24, 2.45) is 0 Å². The van der Waals surface area contributed by atoms with Crippen LogP contribution in [0.25, 0.3) is 0 Å². The number of unbranched alkanes of at least 4 members (excludes halogenated alkanes) is 1. The summed E-state index contributed by atoms with van der Waals surface area (Å²) in [4.78, 5) is 12.7. The summed E-state index contributed by atoms with van der Waals surface area (Å²) >= 11 is 1.69. The van der Waals surface area contributed by atoms with Gasteiger partial charge in [-0.1, -0.05) is 25.8 Å². The van der Waals surface area contributed by atoms with Gasteiger partial charge in [-0.25, -0.2) is 0 Å². The molecule has 0 fully saturated rings. The molecule has 90 valence electrons. The average molecular weight is 241 g/mol. The van der Waals surface area contributed by atoms with Crippen molar-refractivity contribution in [3.63, 3.8) is 0 Å².